The Labute approximate surface area is 341 Å². The molecule has 1 aromatic heterocycles. The summed E-state index contributed by atoms with van der Waals surface area (Å²) < 4.78 is 2.39. The topological polar surface area (TPSA) is 8.17 Å². The second kappa shape index (κ2) is 12.7. The van der Waals surface area contributed by atoms with Crippen LogP contribution in [0.1, 0.15) is 56.9 Å². The molecule has 2 nitrogen and oxygen atoms in total. The van der Waals surface area contributed by atoms with Gasteiger partial charge in [0.2, 0.25) is 0 Å². The smallest absolute Gasteiger partial charge is 0.0541 e. The average molecular weight is 747 g/mol. The molecule has 0 saturated carbocycles. The number of aromatic nitrogens is 1. The molecule has 2 heteroatoms. The highest BCUT2D eigenvalue weighted by molar-refractivity contribution is 6.10. The number of fused-ring (bicyclic) bond motifs is 9. The highest BCUT2D eigenvalue weighted by Crippen LogP contribution is 2.53. The van der Waals surface area contributed by atoms with Crippen molar-refractivity contribution < 1.29 is 0 Å². The molecule has 0 fully saturated rings. The molecule has 9 aromatic rings. The Kier molecular flexibility index (Phi) is 7.56. The van der Waals surface area contributed by atoms with Gasteiger partial charge < -0.3 is 9.47 Å². The predicted molar refractivity (Wildman–Crippen MR) is 246 cm³/mol. The molecule has 0 aliphatic heterocycles. The molecule has 280 valence electrons. The fraction of sp³-hybridized carbons (Fsp3) is 0.143. The summed E-state index contributed by atoms with van der Waals surface area (Å²) in [4.78, 5) is 2.49. The van der Waals surface area contributed by atoms with Crippen LogP contribution in [0.25, 0.3) is 72.0 Å². The second-order valence-corrected chi connectivity index (χ2v) is 17.3. The molecule has 2 aliphatic rings. The number of para-hydroxylation sites is 2. The summed E-state index contributed by atoms with van der Waals surface area (Å²) in [6, 6.07) is 65.7. The van der Waals surface area contributed by atoms with Crippen LogP contribution < -0.4 is 4.90 Å². The van der Waals surface area contributed by atoms with E-state index in [1.54, 1.807) is 0 Å². The lowest BCUT2D eigenvalue weighted by Gasteiger charge is -2.28. The molecule has 1 heterocycles. The number of hydrogen-bond donors (Lipinski definition) is 0. The van der Waals surface area contributed by atoms with Gasteiger partial charge in [-0.2, -0.15) is 0 Å². The number of hydrogen-bond acceptors (Lipinski definition) is 1. The van der Waals surface area contributed by atoms with Crippen LogP contribution in [0.2, 0.25) is 0 Å². The minimum absolute atomic E-state index is 0.104. The minimum Gasteiger partial charge on any atom is -0.342 e. The zero-order chi connectivity index (χ0) is 39.3. The molecule has 11 rings (SSSR count). The molecule has 0 radical (unpaired) electrons. The Morgan fingerprint density at radius 1 is 0.397 bits per heavy atom. The van der Waals surface area contributed by atoms with Crippen molar-refractivity contribution in [3.05, 3.63) is 198 Å². The fourth-order valence-corrected chi connectivity index (χ4v) is 10.3. The SMILES string of the molecule is CCN(c1ccc2c(c1)C(C)(C)c1cc(-c3ccccc3)ccc1-2)c1ccc2c(c1)C(C)(C)c1cc(-c3ccc4c(c3)c3ccccc3n4-c3ccccc3)ccc1-2. The van der Waals surface area contributed by atoms with Gasteiger partial charge in [-0.3, -0.25) is 0 Å². The average Bonchev–Trinajstić information content (AvgIpc) is 3.80. The third-order valence-electron chi connectivity index (χ3n) is 13.4. The van der Waals surface area contributed by atoms with Crippen molar-refractivity contribution in [1.82, 2.24) is 4.57 Å². The Morgan fingerprint density at radius 2 is 0.845 bits per heavy atom. The van der Waals surface area contributed by atoms with Gasteiger partial charge in [0, 0.05) is 45.2 Å². The number of anilines is 2. The number of nitrogens with zero attached hydrogens (tertiary/aromatic N) is 2. The van der Waals surface area contributed by atoms with Crippen LogP contribution >= 0.6 is 0 Å². The van der Waals surface area contributed by atoms with E-state index in [2.05, 4.69) is 220 Å². The maximum absolute atomic E-state index is 2.49. The zero-order valence-electron chi connectivity index (χ0n) is 33.8. The number of rotatable bonds is 6. The normalized spacial score (nSPS) is 14.3. The summed E-state index contributed by atoms with van der Waals surface area (Å²) in [7, 11) is 0. The van der Waals surface area contributed by atoms with E-state index in [4.69, 9.17) is 0 Å². The molecular formula is C56H46N2. The van der Waals surface area contributed by atoms with Crippen molar-refractivity contribution in [2.24, 2.45) is 0 Å². The third kappa shape index (κ3) is 5.04. The molecule has 0 bridgehead atoms. The molecular weight excluding hydrogens is 701 g/mol. The van der Waals surface area contributed by atoms with Crippen LogP contribution in [0.3, 0.4) is 0 Å². The van der Waals surface area contributed by atoms with Crippen molar-refractivity contribution in [3.63, 3.8) is 0 Å². The largest absolute Gasteiger partial charge is 0.342 e. The van der Waals surface area contributed by atoms with Gasteiger partial charge >= 0.3 is 0 Å². The van der Waals surface area contributed by atoms with Crippen molar-refractivity contribution in [2.45, 2.75) is 45.4 Å². The van der Waals surface area contributed by atoms with Crippen LogP contribution in [-0.4, -0.2) is 11.1 Å². The van der Waals surface area contributed by atoms with Gasteiger partial charge in [0.25, 0.3) is 0 Å². The van der Waals surface area contributed by atoms with E-state index < -0.39 is 0 Å². The van der Waals surface area contributed by atoms with E-state index in [0.717, 1.165) is 6.54 Å². The Morgan fingerprint density at radius 3 is 1.43 bits per heavy atom. The van der Waals surface area contributed by atoms with Gasteiger partial charge in [0.15, 0.2) is 0 Å². The van der Waals surface area contributed by atoms with Crippen molar-refractivity contribution in [2.75, 3.05) is 11.4 Å². The summed E-state index contributed by atoms with van der Waals surface area (Å²) in [6.07, 6.45) is 0. The van der Waals surface area contributed by atoms with E-state index >= 15 is 0 Å². The molecule has 0 unspecified atom stereocenters. The van der Waals surface area contributed by atoms with Crippen molar-refractivity contribution in [1.29, 1.82) is 0 Å². The van der Waals surface area contributed by atoms with E-state index in [1.807, 2.05) is 0 Å². The first-order chi connectivity index (χ1) is 28.2. The molecule has 8 aromatic carbocycles. The van der Waals surface area contributed by atoms with Crippen molar-refractivity contribution >= 4 is 33.2 Å². The van der Waals surface area contributed by atoms with Gasteiger partial charge in [-0.1, -0.05) is 137 Å². The Hall–Kier alpha value is -6.64. The molecule has 0 N–H and O–H groups in total. The van der Waals surface area contributed by atoms with Crippen LogP contribution in [0.4, 0.5) is 11.4 Å². The van der Waals surface area contributed by atoms with Crippen LogP contribution in [0.5, 0.6) is 0 Å². The van der Waals surface area contributed by atoms with Crippen molar-refractivity contribution in [3.8, 4) is 50.2 Å². The highest BCUT2D eigenvalue weighted by Gasteiger charge is 2.38. The first-order valence-corrected chi connectivity index (χ1v) is 20.7. The summed E-state index contributed by atoms with van der Waals surface area (Å²) >= 11 is 0. The Balaban J connectivity index is 0.934. The maximum atomic E-state index is 2.49. The lowest BCUT2D eigenvalue weighted by molar-refractivity contribution is 0.659. The third-order valence-corrected chi connectivity index (χ3v) is 13.4. The molecule has 0 spiro atoms. The van der Waals surface area contributed by atoms with Gasteiger partial charge in [-0.15, -0.1) is 0 Å². The van der Waals surface area contributed by atoms with E-state index in [1.165, 1.54) is 106 Å². The van der Waals surface area contributed by atoms with Gasteiger partial charge in [0.1, 0.15) is 0 Å². The molecule has 0 atom stereocenters. The predicted octanol–water partition coefficient (Wildman–Crippen LogP) is 14.9. The summed E-state index contributed by atoms with van der Waals surface area (Å²) in [5, 5.41) is 2.55. The van der Waals surface area contributed by atoms with Crippen LogP contribution in [0, 0.1) is 0 Å². The van der Waals surface area contributed by atoms with Gasteiger partial charge in [-0.05, 0) is 140 Å². The van der Waals surface area contributed by atoms with E-state index in [0.29, 0.717) is 0 Å². The molecule has 58 heavy (non-hydrogen) atoms. The lowest BCUT2D eigenvalue weighted by atomic mass is 9.81. The number of benzene rings is 8. The van der Waals surface area contributed by atoms with Gasteiger partial charge in [-0.25, -0.2) is 0 Å². The van der Waals surface area contributed by atoms with E-state index in [9.17, 15) is 0 Å². The van der Waals surface area contributed by atoms with Crippen LogP contribution in [-0.2, 0) is 10.8 Å². The molecule has 0 saturated heterocycles. The summed E-state index contributed by atoms with van der Waals surface area (Å²) in [5.41, 5.74) is 21.9. The summed E-state index contributed by atoms with van der Waals surface area (Å²) in [5.74, 6) is 0. The standard InChI is InChI=1S/C56H46N2/c1-6-57(41-24-28-45-43-26-21-38(36-15-9-7-10-16-36)32-49(43)55(2,3)51(45)34-41)42-25-29-46-44-27-22-39(33-50(44)56(4,5)52(46)35-42)37-23-30-54-48(31-37)47-19-13-14-20-53(47)58(54)40-17-11-8-12-18-40/h7-35H,6H2,1-5H3. The lowest BCUT2D eigenvalue weighted by Crippen LogP contribution is -2.20. The quantitative estimate of drug-likeness (QED) is 0.164. The minimum atomic E-state index is -0.151. The maximum Gasteiger partial charge on any atom is 0.0541 e. The summed E-state index contributed by atoms with van der Waals surface area (Å²) in [6.45, 7) is 12.7. The fourth-order valence-electron chi connectivity index (χ4n) is 10.3. The molecule has 0 amide bonds. The Bertz CT molecular complexity index is 3090. The highest BCUT2D eigenvalue weighted by atomic mass is 15.1. The molecule has 2 aliphatic carbocycles. The second-order valence-electron chi connectivity index (χ2n) is 17.3. The first kappa shape index (κ1) is 34.6. The monoisotopic (exact) mass is 746 g/mol. The van der Waals surface area contributed by atoms with E-state index in [-0.39, 0.29) is 10.8 Å². The zero-order valence-corrected chi connectivity index (χ0v) is 33.8. The van der Waals surface area contributed by atoms with Crippen LogP contribution in [0.15, 0.2) is 176 Å². The van der Waals surface area contributed by atoms with Gasteiger partial charge in [0.05, 0.1) is 11.0 Å². The first-order valence-electron chi connectivity index (χ1n) is 20.7.